The van der Waals surface area contributed by atoms with Crippen LogP contribution in [-0.2, 0) is 9.53 Å². The molecule has 6 atom stereocenters. The molecule has 25 heavy (non-hydrogen) atoms. The van der Waals surface area contributed by atoms with Gasteiger partial charge in [0.25, 0.3) is 0 Å². The standard InChI is InChI=1S/C21H25ClO3/c1-3-21(25-19(22)24)11-9-18-17-6-4-13-12-14(23)5-7-15(13)16(17)8-10-20(18,21)2/h1,12,15-18H,4-11H2,2H3/t15-,16+,17+,18-,20-,21-/m0/s1. The number of ketones is 1. The third-order valence-corrected chi connectivity index (χ3v) is 7.98. The third-order valence-electron chi connectivity index (χ3n) is 7.91. The average Bonchev–Trinajstić information content (AvgIpc) is 2.87. The predicted octanol–water partition coefficient (Wildman–Crippen LogP) is 4.88. The molecule has 0 spiro atoms. The number of terminal acetylenes is 1. The summed E-state index contributed by atoms with van der Waals surface area (Å²) in [7, 11) is 0. The van der Waals surface area contributed by atoms with Crippen LogP contribution in [0.15, 0.2) is 11.6 Å². The van der Waals surface area contributed by atoms with Gasteiger partial charge in [-0.05, 0) is 74.7 Å². The quantitative estimate of drug-likeness (QED) is 0.494. The lowest BCUT2D eigenvalue weighted by molar-refractivity contribution is -0.116. The van der Waals surface area contributed by atoms with E-state index < -0.39 is 11.0 Å². The van der Waals surface area contributed by atoms with Crippen LogP contribution in [0, 0.1) is 41.4 Å². The number of allylic oxidation sites excluding steroid dienone is 1. The van der Waals surface area contributed by atoms with Crippen LogP contribution in [0.4, 0.5) is 4.79 Å². The Morgan fingerprint density at radius 1 is 1.24 bits per heavy atom. The third kappa shape index (κ3) is 2.40. The van der Waals surface area contributed by atoms with Gasteiger partial charge < -0.3 is 4.74 Å². The zero-order valence-electron chi connectivity index (χ0n) is 14.7. The Balaban J connectivity index is 1.64. The van der Waals surface area contributed by atoms with Crippen molar-refractivity contribution in [1.82, 2.24) is 0 Å². The molecule has 3 fully saturated rings. The average molecular weight is 361 g/mol. The van der Waals surface area contributed by atoms with Crippen LogP contribution in [0.3, 0.4) is 0 Å². The van der Waals surface area contributed by atoms with Gasteiger partial charge in [-0.25, -0.2) is 4.79 Å². The Bertz CT molecular complexity index is 690. The minimum atomic E-state index is -0.861. The Morgan fingerprint density at radius 2 is 2.04 bits per heavy atom. The first-order chi connectivity index (χ1) is 11.9. The van der Waals surface area contributed by atoms with Gasteiger partial charge in [-0.3, -0.25) is 4.79 Å². The van der Waals surface area contributed by atoms with Crippen LogP contribution in [0.5, 0.6) is 0 Å². The van der Waals surface area contributed by atoms with Crippen molar-refractivity contribution in [1.29, 1.82) is 0 Å². The molecule has 0 radical (unpaired) electrons. The van der Waals surface area contributed by atoms with E-state index in [1.165, 1.54) is 5.57 Å². The molecule has 4 heteroatoms. The van der Waals surface area contributed by atoms with Crippen LogP contribution in [-0.4, -0.2) is 16.8 Å². The Kier molecular flexibility index (Phi) is 4.03. The smallest absolute Gasteiger partial charge is 0.405 e. The van der Waals surface area contributed by atoms with Gasteiger partial charge in [0.2, 0.25) is 0 Å². The van der Waals surface area contributed by atoms with Crippen molar-refractivity contribution in [2.45, 2.75) is 63.9 Å². The van der Waals surface area contributed by atoms with Crippen molar-refractivity contribution >= 4 is 22.8 Å². The topological polar surface area (TPSA) is 43.4 Å². The van der Waals surface area contributed by atoms with E-state index in [0.717, 1.165) is 38.5 Å². The van der Waals surface area contributed by atoms with E-state index in [4.69, 9.17) is 22.8 Å². The van der Waals surface area contributed by atoms with E-state index in [-0.39, 0.29) is 5.41 Å². The zero-order valence-corrected chi connectivity index (χ0v) is 15.5. The molecule has 3 nitrogen and oxygen atoms in total. The van der Waals surface area contributed by atoms with Crippen molar-refractivity contribution in [3.05, 3.63) is 11.6 Å². The fraction of sp³-hybridized carbons (Fsp3) is 0.714. The lowest BCUT2D eigenvalue weighted by Crippen LogP contribution is -2.53. The molecule has 0 N–H and O–H groups in total. The SMILES string of the molecule is C#C[C@]1(OC(=O)Cl)CC[C@H]2[C@@H]3CCC4=CC(=O)CC[C@@H]4[C@H]3CC[C@@]21C. The van der Waals surface area contributed by atoms with Gasteiger partial charge >= 0.3 is 5.43 Å². The second-order valence-electron chi connectivity index (χ2n) is 8.61. The molecule has 134 valence electrons. The lowest BCUT2D eigenvalue weighted by Gasteiger charge is -2.55. The monoisotopic (exact) mass is 360 g/mol. The van der Waals surface area contributed by atoms with Crippen molar-refractivity contribution in [2.75, 3.05) is 0 Å². The Labute approximate surface area is 154 Å². The largest absolute Gasteiger partial charge is 0.433 e. The highest BCUT2D eigenvalue weighted by atomic mass is 35.5. The van der Waals surface area contributed by atoms with Gasteiger partial charge in [0.15, 0.2) is 11.4 Å². The molecule has 3 saturated carbocycles. The van der Waals surface area contributed by atoms with E-state index in [0.29, 0.717) is 42.3 Å². The number of rotatable bonds is 1. The summed E-state index contributed by atoms with van der Waals surface area (Å²) in [5, 5.41) is 0. The number of carbonyl (C=O) groups is 2. The van der Waals surface area contributed by atoms with E-state index in [2.05, 4.69) is 12.8 Å². The predicted molar refractivity (Wildman–Crippen MR) is 96.0 cm³/mol. The van der Waals surface area contributed by atoms with Crippen LogP contribution in [0.2, 0.25) is 0 Å². The summed E-state index contributed by atoms with van der Waals surface area (Å²) in [6.45, 7) is 2.20. The van der Waals surface area contributed by atoms with Crippen LogP contribution in [0.25, 0.3) is 0 Å². The van der Waals surface area contributed by atoms with E-state index in [1.807, 2.05) is 6.08 Å². The molecule has 0 saturated heterocycles. The highest BCUT2D eigenvalue weighted by Crippen LogP contribution is 2.65. The molecule has 4 rings (SSSR count). The molecule has 0 aromatic carbocycles. The van der Waals surface area contributed by atoms with Crippen LogP contribution in [0.1, 0.15) is 58.3 Å². The first-order valence-electron chi connectivity index (χ1n) is 9.50. The number of halogens is 1. The second kappa shape index (κ2) is 5.88. The maximum atomic E-state index is 11.8. The van der Waals surface area contributed by atoms with Gasteiger partial charge in [0, 0.05) is 23.4 Å². The minimum Gasteiger partial charge on any atom is -0.433 e. The summed E-state index contributed by atoms with van der Waals surface area (Å²) in [4.78, 5) is 23.3. The maximum Gasteiger partial charge on any atom is 0.405 e. The Morgan fingerprint density at radius 3 is 2.76 bits per heavy atom. The fourth-order valence-corrected chi connectivity index (χ4v) is 6.88. The van der Waals surface area contributed by atoms with Crippen molar-refractivity contribution in [3.63, 3.8) is 0 Å². The Hall–Kier alpha value is -1.27. The highest BCUT2D eigenvalue weighted by molar-refractivity contribution is 6.61. The molecule has 0 aromatic heterocycles. The lowest BCUT2D eigenvalue weighted by atomic mass is 9.50. The summed E-state index contributed by atoms with van der Waals surface area (Å²) in [6.07, 6.45) is 15.4. The number of carbonyl (C=O) groups excluding carboxylic acids is 2. The molecule has 0 amide bonds. The zero-order chi connectivity index (χ0) is 17.8. The molecule has 4 aliphatic rings. The van der Waals surface area contributed by atoms with Crippen molar-refractivity contribution in [2.24, 2.45) is 29.1 Å². The fourth-order valence-electron chi connectivity index (χ4n) is 6.75. The molecular formula is C21H25ClO3. The summed E-state index contributed by atoms with van der Waals surface area (Å²) in [6, 6.07) is 0. The van der Waals surface area contributed by atoms with Crippen LogP contribution < -0.4 is 0 Å². The minimum absolute atomic E-state index is 0.195. The van der Waals surface area contributed by atoms with E-state index >= 15 is 0 Å². The maximum absolute atomic E-state index is 11.8. The number of ether oxygens (including phenoxy) is 1. The van der Waals surface area contributed by atoms with Crippen molar-refractivity contribution in [3.8, 4) is 12.3 Å². The first-order valence-corrected chi connectivity index (χ1v) is 9.87. The number of fused-ring (bicyclic) bond motifs is 5. The molecule has 0 bridgehead atoms. The van der Waals surface area contributed by atoms with Gasteiger partial charge in [0.1, 0.15) is 0 Å². The highest BCUT2D eigenvalue weighted by Gasteiger charge is 2.64. The second-order valence-corrected chi connectivity index (χ2v) is 8.92. The van der Waals surface area contributed by atoms with Crippen LogP contribution >= 0.6 is 11.6 Å². The number of hydrogen-bond acceptors (Lipinski definition) is 3. The first kappa shape index (κ1) is 17.2. The molecular weight excluding hydrogens is 336 g/mol. The van der Waals surface area contributed by atoms with Gasteiger partial charge in [-0.2, -0.15) is 0 Å². The molecule has 4 aliphatic carbocycles. The summed E-state index contributed by atoms with van der Waals surface area (Å²) in [5.74, 6) is 5.41. The van der Waals surface area contributed by atoms with E-state index in [1.54, 1.807) is 0 Å². The summed E-state index contributed by atoms with van der Waals surface area (Å²) < 4.78 is 5.56. The molecule has 0 aliphatic heterocycles. The molecule has 0 unspecified atom stereocenters. The normalized spacial score (nSPS) is 45.5. The number of hydrogen-bond donors (Lipinski definition) is 0. The summed E-state index contributed by atoms with van der Waals surface area (Å²) >= 11 is 5.57. The van der Waals surface area contributed by atoms with E-state index in [9.17, 15) is 9.59 Å². The summed E-state index contributed by atoms with van der Waals surface area (Å²) in [5.41, 5.74) is -0.463. The van der Waals surface area contributed by atoms with Gasteiger partial charge in [-0.15, -0.1) is 6.42 Å². The van der Waals surface area contributed by atoms with Gasteiger partial charge in [0.05, 0.1) is 0 Å². The van der Waals surface area contributed by atoms with Crippen molar-refractivity contribution < 1.29 is 14.3 Å². The molecule has 0 heterocycles. The molecule has 0 aromatic rings. The van der Waals surface area contributed by atoms with Gasteiger partial charge in [-0.1, -0.05) is 18.4 Å².